The number of para-hydroxylation sites is 1. The van der Waals surface area contributed by atoms with Gasteiger partial charge in [0.15, 0.2) is 11.5 Å². The number of hydrogen-bond donors (Lipinski definition) is 8. The van der Waals surface area contributed by atoms with Crippen LogP contribution in [0.4, 0.5) is 16.2 Å². The van der Waals surface area contributed by atoms with E-state index in [-0.39, 0.29) is 106 Å². The highest BCUT2D eigenvalue weighted by Gasteiger charge is 2.45. The molecule has 0 radical (unpaired) electrons. The summed E-state index contributed by atoms with van der Waals surface area (Å²) in [6.07, 6.45) is 10.9. The number of nitrogens with one attached hydrogen (secondary N) is 3. The number of carbonyl (C=O) groups excluding carboxylic acids is 6. The zero-order valence-corrected chi connectivity index (χ0v) is 67.8. The van der Waals surface area contributed by atoms with Crippen molar-refractivity contribution in [2.75, 3.05) is 76.3 Å². The summed E-state index contributed by atoms with van der Waals surface area (Å²) in [5, 5.41) is 36.5. The number of rotatable bonds is 44. The number of carboxylic acid groups (broad SMARTS) is 3. The number of Topliss-reactive ketones (excluding diaryl/α,β-unsaturated/α-hetero) is 2. The minimum absolute atomic E-state index is 0.0575. The summed E-state index contributed by atoms with van der Waals surface area (Å²) in [7, 11) is -12.7. The summed E-state index contributed by atoms with van der Waals surface area (Å²) in [5.74, 6) is -5.62. The van der Waals surface area contributed by atoms with E-state index in [4.69, 9.17) is 32.1 Å². The van der Waals surface area contributed by atoms with Crippen LogP contribution in [0, 0.1) is 5.92 Å². The third kappa shape index (κ3) is 31.6. The number of anilines is 1. The number of fused-ring (bicyclic) bond motifs is 2. The Morgan fingerprint density at radius 2 is 1.30 bits per heavy atom. The van der Waals surface area contributed by atoms with E-state index in [1.165, 1.54) is 12.1 Å². The number of aliphatic carboxylic acids is 3. The molecule has 3 atom stereocenters. The SMILES string of the molecule is CN(CCCC(=O)[C@H](CCC(=O)O)NC(=O)NCCCC(=O)O)CCN(C)CCC(=O)C[C@@H](Cc1ccccc1)C(=O)N[C@@H](Cc1ccc(OC2=C(/C=C/C3=[N+](CCCCS(=O)(=O)[O-])c4ccccc4C3(C)C)CCC/C2=C\C=C2\N(CCCCS(=O)(=O)O)c3ccc(S(=O)(=O)O)cc3C2(C)C)cc1)C(=O)O.O=C=O.O=S(=O)=O. The van der Waals surface area contributed by atoms with E-state index in [2.05, 4.69) is 34.4 Å². The normalized spacial score (nSPS) is 15.9. The molecule has 4 aromatic rings. The molecule has 0 saturated carbocycles. The maximum Gasteiger partial charge on any atom is 0.425 e. The van der Waals surface area contributed by atoms with Crippen LogP contribution in [0.2, 0.25) is 0 Å². The Morgan fingerprint density at radius 1 is 0.675 bits per heavy atom. The Hall–Kier alpha value is -9.75. The number of allylic oxidation sites excluding steroid dienone is 7. The summed E-state index contributed by atoms with van der Waals surface area (Å²) >= 11 is 0. The lowest BCUT2D eigenvalue weighted by atomic mass is 9.81. The number of hydrogen-bond acceptors (Lipinski definition) is 23. The molecule has 0 aromatic heterocycles. The number of amides is 3. The van der Waals surface area contributed by atoms with Gasteiger partial charge >= 0.3 is 40.7 Å². The monoisotopic (exact) mass is 1660 g/mol. The number of nitrogens with zero attached hydrogens (tertiary/aromatic N) is 4. The number of ether oxygens (including phenoxy) is 1. The highest BCUT2D eigenvalue weighted by molar-refractivity contribution is 7.86. The van der Waals surface area contributed by atoms with Crippen LogP contribution in [-0.2, 0) is 103 Å². The molecule has 7 rings (SSSR count). The zero-order valence-electron chi connectivity index (χ0n) is 64.5. The topological polar surface area (TPSA) is 490 Å². The Kier molecular flexibility index (Phi) is 37.3. The Balaban J connectivity index is 0.00000318. The van der Waals surface area contributed by atoms with Gasteiger partial charge in [0.2, 0.25) is 11.6 Å². The molecule has 36 heteroatoms. The first-order chi connectivity index (χ1) is 53.5. The molecule has 0 unspecified atom stereocenters. The number of unbranched alkanes of at least 4 members (excludes halogenated alkanes) is 2. The van der Waals surface area contributed by atoms with Crippen molar-refractivity contribution in [3.05, 3.63) is 166 Å². The lowest BCUT2D eigenvalue weighted by molar-refractivity contribution is -0.438. The average Bonchev–Trinajstić information content (AvgIpc) is 1.59. The summed E-state index contributed by atoms with van der Waals surface area (Å²) < 4.78 is 137. The quantitative estimate of drug-likeness (QED) is 0.0122. The van der Waals surface area contributed by atoms with Gasteiger partial charge in [-0.1, -0.05) is 80.6 Å². The number of ketones is 2. The Labute approximate surface area is 665 Å². The maximum absolute atomic E-state index is 14.3. The second-order valence-electron chi connectivity index (χ2n) is 28.9. The van der Waals surface area contributed by atoms with Gasteiger partial charge in [-0.25, -0.2) is 18.0 Å². The number of carbonyl (C=O) groups is 7. The fraction of sp³-hybridized carbons (Fsp3) is 0.474. The molecule has 2 aliphatic heterocycles. The van der Waals surface area contributed by atoms with Crippen LogP contribution < -0.4 is 25.6 Å². The van der Waals surface area contributed by atoms with Crippen molar-refractivity contribution in [2.45, 2.75) is 165 Å². The zero-order chi connectivity index (χ0) is 84.7. The van der Waals surface area contributed by atoms with Gasteiger partial charge in [-0.15, -0.1) is 12.6 Å². The highest BCUT2D eigenvalue weighted by Crippen LogP contribution is 2.49. The molecular formula is C78H101N7O25S4. The van der Waals surface area contributed by atoms with Crippen molar-refractivity contribution >= 4 is 106 Å². The first kappa shape index (κ1) is 94.8. The molecule has 3 amide bonds. The second-order valence-corrected chi connectivity index (χ2v) is 33.9. The molecular weight excluding hydrogens is 1560 g/mol. The van der Waals surface area contributed by atoms with E-state index in [1.54, 1.807) is 30.3 Å². The predicted octanol–water partition coefficient (Wildman–Crippen LogP) is 7.33. The molecule has 0 spiro atoms. The average molecular weight is 1660 g/mol. The van der Waals surface area contributed by atoms with Crippen molar-refractivity contribution in [3.63, 3.8) is 0 Å². The van der Waals surface area contributed by atoms with E-state index in [1.807, 2.05) is 122 Å². The molecule has 32 nitrogen and oxygen atoms in total. The number of urea groups is 1. The van der Waals surface area contributed by atoms with E-state index in [9.17, 15) is 82.7 Å². The highest BCUT2D eigenvalue weighted by atomic mass is 32.2. The summed E-state index contributed by atoms with van der Waals surface area (Å²) in [4.78, 5) is 111. The lowest BCUT2D eigenvalue weighted by Gasteiger charge is -2.27. The second kappa shape index (κ2) is 44.8. The van der Waals surface area contributed by atoms with Gasteiger partial charge in [-0.05, 0) is 169 Å². The van der Waals surface area contributed by atoms with Crippen molar-refractivity contribution in [1.82, 2.24) is 25.8 Å². The molecule has 0 fully saturated rings. The van der Waals surface area contributed by atoms with E-state index in [0.717, 1.165) is 33.7 Å². The predicted molar refractivity (Wildman–Crippen MR) is 418 cm³/mol. The molecule has 1 aliphatic carbocycles. The standard InChI is InChI=1S/C77H101N7O20S3.CO2.O3S/c1-76(2)61-23-10-11-24-65(61)83(42-12-14-47-105(95,96)97)68(76)36-29-55-21-16-22-56(30-37-69-77(3,4)62-52-60(107(101,102)103)33-35-66(62)84(69)43-13-15-48-106(98,99)100)72(55)104-59-31-27-54(28-32-59)50-64(74(92)93)79-73(91)57(49-53-19-8-7-9-20-53)51-58(85)39-44-82(6)46-45-81(5)41-18-25-67(86)63(34-38-71(89)90)80-75(94)78-40-17-26-70(87)88;2-1-3;1-4(2)3/h7-11,19-20,23-24,27-33,35-37,52,57,63-64H,12-18,21-22,25-26,34,38-51H2,1-6H3,(H8-,78,79,80,87,88,89,90,91,92,93,94,95,96,97,98,99,100,101,102,103);;/t57-,63+,64+;;/m1../s1. The molecule has 3 aliphatic rings. The molecule has 114 heavy (non-hydrogen) atoms. The first-order valence-corrected chi connectivity index (χ1v) is 42.5. The molecule has 4 aromatic carbocycles. The molecule has 8 N–H and O–H groups in total. The number of benzene rings is 4. The van der Waals surface area contributed by atoms with Gasteiger partial charge in [0.25, 0.3) is 20.2 Å². The minimum Gasteiger partial charge on any atom is -0.748 e. The van der Waals surface area contributed by atoms with Crippen LogP contribution in [-0.4, -0.2) is 218 Å². The molecule has 2 heterocycles. The molecule has 0 bridgehead atoms. The van der Waals surface area contributed by atoms with Crippen LogP contribution in [0.15, 0.2) is 149 Å². The van der Waals surface area contributed by atoms with E-state index < -0.39 is 111 Å². The van der Waals surface area contributed by atoms with Crippen molar-refractivity contribution < 1.29 is 119 Å². The smallest absolute Gasteiger partial charge is 0.425 e. The fourth-order valence-corrected chi connectivity index (χ4v) is 15.3. The van der Waals surface area contributed by atoms with Crippen molar-refractivity contribution in [3.8, 4) is 5.75 Å². The van der Waals surface area contributed by atoms with Crippen LogP contribution in [0.1, 0.15) is 146 Å². The Bertz CT molecular complexity index is 4740. The summed E-state index contributed by atoms with van der Waals surface area (Å²) in [5.41, 5.74) is 6.33. The van der Waals surface area contributed by atoms with Crippen LogP contribution in [0.5, 0.6) is 5.75 Å². The minimum atomic E-state index is -4.61. The summed E-state index contributed by atoms with van der Waals surface area (Å²) in [6.45, 7) is 10.7. The third-order valence-electron chi connectivity index (χ3n) is 19.5. The van der Waals surface area contributed by atoms with Gasteiger partial charge in [0, 0.05) is 124 Å². The van der Waals surface area contributed by atoms with Gasteiger partial charge in [0.05, 0.1) is 32.2 Å². The number of likely N-dealkylation sites (N-methyl/N-ethyl adjacent to an activating group) is 2. The van der Waals surface area contributed by atoms with Crippen LogP contribution in [0.3, 0.4) is 0 Å². The van der Waals surface area contributed by atoms with Crippen molar-refractivity contribution in [2.24, 2.45) is 5.92 Å². The van der Waals surface area contributed by atoms with Gasteiger partial charge < -0.3 is 55.3 Å². The lowest BCUT2D eigenvalue weighted by Crippen LogP contribution is -2.46. The van der Waals surface area contributed by atoms with Crippen molar-refractivity contribution in [1.29, 1.82) is 0 Å². The first-order valence-electron chi connectivity index (χ1n) is 36.9. The van der Waals surface area contributed by atoms with E-state index >= 15 is 0 Å². The van der Waals surface area contributed by atoms with Crippen LogP contribution >= 0.6 is 0 Å². The third-order valence-corrected chi connectivity index (χ3v) is 22.0. The number of carboxylic acids is 3. The Morgan fingerprint density at radius 3 is 1.92 bits per heavy atom. The largest absolute Gasteiger partial charge is 0.748 e. The van der Waals surface area contributed by atoms with E-state index in [0.29, 0.717) is 105 Å². The van der Waals surface area contributed by atoms with Gasteiger partial charge in [-0.3, -0.25) is 33.1 Å². The summed E-state index contributed by atoms with van der Waals surface area (Å²) in [6, 6.07) is 25.0. The molecule has 622 valence electrons. The fourth-order valence-electron chi connectivity index (χ4n) is 13.6. The van der Waals surface area contributed by atoms with Gasteiger partial charge in [-0.2, -0.15) is 31.0 Å². The molecule has 0 saturated heterocycles. The van der Waals surface area contributed by atoms with Gasteiger partial charge in [0.1, 0.15) is 29.9 Å². The maximum atomic E-state index is 14.3. The van der Waals surface area contributed by atoms with Crippen LogP contribution in [0.25, 0.3) is 0 Å².